The Balaban J connectivity index is 0.00000192. The molecule has 0 atom stereocenters. The van der Waals surface area contributed by atoms with E-state index in [9.17, 15) is 13.2 Å². The van der Waals surface area contributed by atoms with Gasteiger partial charge in [-0.1, -0.05) is 53.8 Å². The molecule has 0 amide bonds. The molecule has 0 fully saturated rings. The van der Waals surface area contributed by atoms with Gasteiger partial charge < -0.3 is 9.67 Å². The topological polar surface area (TPSA) is 30.7 Å². The Labute approximate surface area is 146 Å². The summed E-state index contributed by atoms with van der Waals surface area (Å²) in [5.41, 5.74) is -0.981. The van der Waals surface area contributed by atoms with Crippen molar-refractivity contribution in [1.29, 1.82) is 0 Å². The van der Waals surface area contributed by atoms with Gasteiger partial charge in [0.2, 0.25) is 0 Å². The van der Waals surface area contributed by atoms with Crippen LogP contribution in [0.5, 0.6) is 0 Å². The number of rotatable bonds is 3. The van der Waals surface area contributed by atoms with Gasteiger partial charge in [-0.15, -0.1) is 6.07 Å². The fourth-order valence-corrected chi connectivity index (χ4v) is 2.83. The van der Waals surface area contributed by atoms with Crippen molar-refractivity contribution in [2.75, 3.05) is 0 Å². The summed E-state index contributed by atoms with van der Waals surface area (Å²) in [6, 6.07) is 15.8. The number of aromatic nitrogens is 3. The van der Waals surface area contributed by atoms with Crippen molar-refractivity contribution in [2.24, 2.45) is 0 Å². The molecular formula is C15H9F3IrN3Si-. The molecule has 3 nitrogen and oxygen atoms in total. The monoisotopic (exact) mass is 509 g/mol. The molecule has 0 aliphatic rings. The average Bonchev–Trinajstić information content (AvgIpc) is 2.99. The van der Waals surface area contributed by atoms with Gasteiger partial charge in [-0.3, -0.25) is 5.10 Å². The van der Waals surface area contributed by atoms with Crippen molar-refractivity contribution in [2.45, 2.75) is 6.18 Å². The Hall–Kier alpha value is -1.76. The number of alkyl halides is 3. The van der Waals surface area contributed by atoms with Crippen molar-refractivity contribution in [1.82, 2.24) is 14.8 Å². The molecule has 0 aliphatic heterocycles. The van der Waals surface area contributed by atoms with Crippen LogP contribution in [-0.2, 0) is 26.3 Å². The summed E-state index contributed by atoms with van der Waals surface area (Å²) in [4.78, 5) is 4.35. The zero-order chi connectivity index (χ0) is 15.6. The number of halogens is 3. The maximum atomic E-state index is 12.6. The Morgan fingerprint density at radius 2 is 1.74 bits per heavy atom. The van der Waals surface area contributed by atoms with E-state index in [0.29, 0.717) is 15.3 Å². The molecule has 23 heavy (non-hydrogen) atoms. The van der Waals surface area contributed by atoms with Crippen LogP contribution >= 0.6 is 0 Å². The Kier molecular flexibility index (Phi) is 5.51. The number of hydrogen-bond acceptors (Lipinski definition) is 2. The summed E-state index contributed by atoms with van der Waals surface area (Å²) < 4.78 is 38.7. The van der Waals surface area contributed by atoms with Gasteiger partial charge in [0, 0.05) is 25.4 Å². The van der Waals surface area contributed by atoms with E-state index in [4.69, 9.17) is 0 Å². The molecule has 1 aromatic carbocycles. The van der Waals surface area contributed by atoms with Crippen LogP contribution in [0.4, 0.5) is 13.2 Å². The van der Waals surface area contributed by atoms with Gasteiger partial charge in [0.05, 0.1) is 11.5 Å². The van der Waals surface area contributed by atoms with Crippen LogP contribution < -0.4 is 10.5 Å². The zero-order valence-electron chi connectivity index (χ0n) is 11.5. The third kappa shape index (κ3) is 4.37. The molecule has 3 aromatic rings. The maximum Gasteiger partial charge on any atom is 0.388 e. The fraction of sp³-hybridized carbons (Fsp3) is 0.0667. The van der Waals surface area contributed by atoms with Crippen LogP contribution in [0.25, 0.3) is 5.82 Å². The van der Waals surface area contributed by atoms with E-state index in [1.807, 2.05) is 36.4 Å². The first-order chi connectivity index (χ1) is 10.5. The molecule has 0 bridgehead atoms. The van der Waals surface area contributed by atoms with Crippen LogP contribution in [0.1, 0.15) is 5.69 Å². The van der Waals surface area contributed by atoms with Crippen molar-refractivity contribution in [3.05, 3.63) is 66.5 Å². The fourth-order valence-electron chi connectivity index (χ4n) is 1.82. The second-order valence-corrected chi connectivity index (χ2v) is 5.78. The molecule has 8 heteroatoms. The summed E-state index contributed by atoms with van der Waals surface area (Å²) in [5, 5.41) is 5.36. The summed E-state index contributed by atoms with van der Waals surface area (Å²) in [6.07, 6.45) is -2.04. The molecule has 2 heterocycles. The molecule has 0 N–H and O–H groups in total. The van der Waals surface area contributed by atoms with E-state index < -0.39 is 11.9 Å². The second-order valence-electron chi connectivity index (χ2n) is 4.44. The van der Waals surface area contributed by atoms with Crippen LogP contribution in [0.3, 0.4) is 0 Å². The normalized spacial score (nSPS) is 11.1. The molecule has 0 spiro atoms. The van der Waals surface area contributed by atoms with Gasteiger partial charge in [-0.05, 0) is 6.07 Å². The molecule has 3 radical (unpaired) electrons. The summed E-state index contributed by atoms with van der Waals surface area (Å²) in [5.74, 6) is 0.316. The molecule has 0 unspecified atom stereocenters. The molecular weight excluding hydrogens is 499 g/mol. The van der Waals surface area contributed by atoms with Gasteiger partial charge in [0.25, 0.3) is 0 Å². The molecule has 2 aromatic heterocycles. The van der Waals surface area contributed by atoms with Gasteiger partial charge in [0.15, 0.2) is 0 Å². The third-order valence-electron chi connectivity index (χ3n) is 2.82. The Morgan fingerprint density at radius 1 is 1.00 bits per heavy atom. The minimum Gasteiger partial charge on any atom is -0.343 e. The van der Waals surface area contributed by atoms with E-state index in [-0.39, 0.29) is 20.1 Å². The van der Waals surface area contributed by atoms with Gasteiger partial charge in [0.1, 0.15) is 9.52 Å². The number of hydrogen-bond donors (Lipinski definition) is 0. The Morgan fingerprint density at radius 3 is 2.39 bits per heavy atom. The van der Waals surface area contributed by atoms with Gasteiger partial charge in [-0.2, -0.15) is 13.2 Å². The van der Waals surface area contributed by atoms with Crippen molar-refractivity contribution < 1.29 is 33.3 Å². The zero-order valence-corrected chi connectivity index (χ0v) is 14.9. The molecule has 119 valence electrons. The standard InChI is InChI=1S/C15H9F3N3Si.Ir/c16-15(17,18)12-9-10-21(20-12)13-7-4-8-14(19-13)22-11-5-2-1-3-6-11;/h1-9H;/q-1;. The SMILES string of the molecule is FC(F)(F)c1c[c-]n(-c2cccc([Si]c3ccccc3)n2)n1.[Ir]. The third-order valence-corrected chi connectivity index (χ3v) is 3.98. The summed E-state index contributed by atoms with van der Waals surface area (Å²) in [7, 11) is 0.326. The molecule has 0 saturated carbocycles. The molecule has 0 aliphatic carbocycles. The minimum atomic E-state index is -4.48. The van der Waals surface area contributed by atoms with Crippen molar-refractivity contribution in [3.8, 4) is 5.82 Å². The van der Waals surface area contributed by atoms with E-state index in [1.165, 1.54) is 0 Å². The maximum absolute atomic E-state index is 12.6. The van der Waals surface area contributed by atoms with Gasteiger partial charge >= 0.3 is 6.18 Å². The first-order valence-electron chi connectivity index (χ1n) is 6.37. The predicted octanol–water partition coefficient (Wildman–Crippen LogP) is 1.74. The molecule has 3 rings (SSSR count). The van der Waals surface area contributed by atoms with Crippen LogP contribution in [-0.4, -0.2) is 24.3 Å². The first kappa shape index (κ1) is 17.6. The number of nitrogens with zero attached hydrogens (tertiary/aromatic N) is 3. The van der Waals surface area contributed by atoms with Crippen LogP contribution in [0, 0.1) is 6.20 Å². The van der Waals surface area contributed by atoms with Crippen molar-refractivity contribution >= 4 is 20.0 Å². The van der Waals surface area contributed by atoms with Crippen LogP contribution in [0.15, 0.2) is 54.6 Å². The minimum absolute atomic E-state index is 0. The van der Waals surface area contributed by atoms with E-state index in [2.05, 4.69) is 16.3 Å². The average molecular weight is 509 g/mol. The van der Waals surface area contributed by atoms with E-state index in [1.54, 1.807) is 12.1 Å². The number of pyridine rings is 1. The smallest absolute Gasteiger partial charge is 0.343 e. The summed E-state index contributed by atoms with van der Waals surface area (Å²) in [6.45, 7) is 0. The van der Waals surface area contributed by atoms with E-state index in [0.717, 1.165) is 21.3 Å². The van der Waals surface area contributed by atoms with Crippen LogP contribution in [0.2, 0.25) is 0 Å². The predicted molar refractivity (Wildman–Crippen MR) is 76.7 cm³/mol. The largest absolute Gasteiger partial charge is 0.388 e. The number of benzene rings is 1. The van der Waals surface area contributed by atoms with Crippen molar-refractivity contribution in [3.63, 3.8) is 0 Å². The first-order valence-corrected chi connectivity index (χ1v) is 7.37. The quantitative estimate of drug-likeness (QED) is 0.399. The Bertz CT molecular complexity index is 775. The van der Waals surface area contributed by atoms with Gasteiger partial charge in [-0.25, -0.2) is 0 Å². The van der Waals surface area contributed by atoms with E-state index >= 15 is 0 Å². The second kappa shape index (κ2) is 7.21. The molecule has 0 saturated heterocycles. The summed E-state index contributed by atoms with van der Waals surface area (Å²) >= 11 is 0.